The third-order valence-corrected chi connectivity index (χ3v) is 1.64. The number of rotatable bonds is 1. The summed E-state index contributed by atoms with van der Waals surface area (Å²) in [7, 11) is 0. The van der Waals surface area contributed by atoms with Crippen LogP contribution in [-0.4, -0.2) is 10.2 Å². The van der Waals surface area contributed by atoms with Gasteiger partial charge in [-0.25, -0.2) is 0 Å². The van der Waals surface area contributed by atoms with Gasteiger partial charge in [0.25, 0.3) is 0 Å². The van der Waals surface area contributed by atoms with E-state index in [2.05, 4.69) is 5.92 Å². The molecule has 0 heterocycles. The molecule has 0 bridgehead atoms. The zero-order valence-corrected chi connectivity index (χ0v) is 6.78. The zero-order chi connectivity index (χ0) is 9.14. The molecule has 2 N–H and O–H groups in total. The van der Waals surface area contributed by atoms with Crippen molar-refractivity contribution in [2.75, 3.05) is 0 Å². The van der Waals surface area contributed by atoms with Crippen LogP contribution in [0, 0.1) is 19.3 Å². The number of hydrogen-bond donors (Lipinski definition) is 2. The maximum absolute atomic E-state index is 9.28. The first-order chi connectivity index (χ1) is 5.65. The largest absolute Gasteiger partial charge is 0.508 e. The molecular weight excluding hydrogens is 152 g/mol. The van der Waals surface area contributed by atoms with Crippen LogP contribution in [0.15, 0.2) is 18.2 Å². The summed E-state index contributed by atoms with van der Waals surface area (Å²) in [5, 5.41) is 18.5. The van der Waals surface area contributed by atoms with E-state index < -0.39 is 6.10 Å². The highest BCUT2D eigenvalue weighted by atomic mass is 16.3. The third kappa shape index (κ3) is 1.58. The SMILES string of the molecule is C#CC(O)c1cc(C)ccc1O. The Morgan fingerprint density at radius 3 is 2.75 bits per heavy atom. The first kappa shape index (κ1) is 8.63. The van der Waals surface area contributed by atoms with Crippen LogP contribution in [0.3, 0.4) is 0 Å². The van der Waals surface area contributed by atoms with E-state index in [1.807, 2.05) is 6.92 Å². The van der Waals surface area contributed by atoms with Crippen LogP contribution >= 0.6 is 0 Å². The summed E-state index contributed by atoms with van der Waals surface area (Å²) in [6, 6.07) is 4.94. The van der Waals surface area contributed by atoms with Crippen molar-refractivity contribution in [3.8, 4) is 18.1 Å². The molecule has 0 fully saturated rings. The molecule has 1 atom stereocenters. The number of benzene rings is 1. The lowest BCUT2D eigenvalue weighted by Crippen LogP contribution is -1.94. The van der Waals surface area contributed by atoms with Gasteiger partial charge in [-0.2, -0.15) is 0 Å². The smallest absolute Gasteiger partial charge is 0.143 e. The van der Waals surface area contributed by atoms with Gasteiger partial charge in [0.15, 0.2) is 0 Å². The van der Waals surface area contributed by atoms with Gasteiger partial charge in [0, 0.05) is 5.56 Å². The molecule has 1 aromatic rings. The Bertz CT molecular complexity index is 323. The Kier molecular flexibility index (Phi) is 2.37. The van der Waals surface area contributed by atoms with Crippen molar-refractivity contribution in [1.29, 1.82) is 0 Å². The van der Waals surface area contributed by atoms with Gasteiger partial charge in [-0.3, -0.25) is 0 Å². The molecule has 0 aliphatic rings. The van der Waals surface area contributed by atoms with Crippen molar-refractivity contribution in [2.45, 2.75) is 13.0 Å². The molecule has 12 heavy (non-hydrogen) atoms. The summed E-state index contributed by atoms with van der Waals surface area (Å²) in [6.45, 7) is 1.87. The van der Waals surface area contributed by atoms with Crippen molar-refractivity contribution in [1.82, 2.24) is 0 Å². The summed E-state index contributed by atoms with van der Waals surface area (Å²) in [4.78, 5) is 0. The number of phenols is 1. The Morgan fingerprint density at radius 1 is 1.50 bits per heavy atom. The van der Waals surface area contributed by atoms with Crippen molar-refractivity contribution in [2.24, 2.45) is 0 Å². The molecule has 2 nitrogen and oxygen atoms in total. The fourth-order valence-corrected chi connectivity index (χ4v) is 0.983. The number of aliphatic hydroxyl groups is 1. The van der Waals surface area contributed by atoms with Gasteiger partial charge in [-0.05, 0) is 19.1 Å². The molecule has 0 spiro atoms. The topological polar surface area (TPSA) is 40.5 Å². The number of terminal acetylenes is 1. The number of aryl methyl sites for hydroxylation is 1. The van der Waals surface area contributed by atoms with E-state index in [4.69, 9.17) is 6.42 Å². The molecule has 0 aromatic heterocycles. The summed E-state index contributed by atoms with van der Waals surface area (Å²) >= 11 is 0. The molecule has 0 saturated carbocycles. The van der Waals surface area contributed by atoms with Crippen LogP contribution in [0.25, 0.3) is 0 Å². The minimum Gasteiger partial charge on any atom is -0.508 e. The average molecular weight is 162 g/mol. The molecule has 1 rings (SSSR count). The van der Waals surface area contributed by atoms with Gasteiger partial charge in [0.2, 0.25) is 0 Å². The van der Waals surface area contributed by atoms with Crippen molar-refractivity contribution >= 4 is 0 Å². The highest BCUT2D eigenvalue weighted by Gasteiger charge is 2.08. The fraction of sp³-hybridized carbons (Fsp3) is 0.200. The standard InChI is InChI=1S/C10H10O2/c1-3-9(11)8-6-7(2)4-5-10(8)12/h1,4-6,9,11-12H,2H3. The van der Waals surface area contributed by atoms with Gasteiger partial charge in [-0.1, -0.05) is 17.6 Å². The summed E-state index contributed by atoms with van der Waals surface area (Å²) in [5.74, 6) is 2.18. The quantitative estimate of drug-likeness (QED) is 0.612. The molecule has 0 aliphatic heterocycles. The molecule has 0 radical (unpaired) electrons. The van der Waals surface area contributed by atoms with Gasteiger partial charge < -0.3 is 10.2 Å². The van der Waals surface area contributed by atoms with E-state index in [1.165, 1.54) is 6.07 Å². The second-order valence-electron chi connectivity index (χ2n) is 2.63. The van der Waals surface area contributed by atoms with Crippen LogP contribution in [0.5, 0.6) is 5.75 Å². The zero-order valence-electron chi connectivity index (χ0n) is 6.78. The van der Waals surface area contributed by atoms with Crippen LogP contribution in [0.2, 0.25) is 0 Å². The molecule has 0 amide bonds. The van der Waals surface area contributed by atoms with Gasteiger partial charge in [0.1, 0.15) is 11.9 Å². The highest BCUT2D eigenvalue weighted by molar-refractivity contribution is 5.39. The fourth-order valence-electron chi connectivity index (χ4n) is 0.983. The molecular formula is C10H10O2. The lowest BCUT2D eigenvalue weighted by Gasteiger charge is -2.06. The van der Waals surface area contributed by atoms with E-state index in [9.17, 15) is 10.2 Å². The highest BCUT2D eigenvalue weighted by Crippen LogP contribution is 2.24. The Labute approximate surface area is 71.5 Å². The minimum absolute atomic E-state index is 0.0334. The summed E-state index contributed by atoms with van der Waals surface area (Å²) in [5.41, 5.74) is 1.34. The summed E-state index contributed by atoms with van der Waals surface area (Å²) < 4.78 is 0. The first-order valence-corrected chi connectivity index (χ1v) is 3.59. The lowest BCUT2D eigenvalue weighted by atomic mass is 10.1. The Morgan fingerprint density at radius 2 is 2.17 bits per heavy atom. The van der Waals surface area contributed by atoms with E-state index in [0.29, 0.717) is 5.56 Å². The molecule has 1 unspecified atom stereocenters. The van der Waals surface area contributed by atoms with Crippen LogP contribution < -0.4 is 0 Å². The van der Waals surface area contributed by atoms with Gasteiger partial charge in [-0.15, -0.1) is 6.42 Å². The van der Waals surface area contributed by atoms with Crippen molar-refractivity contribution < 1.29 is 10.2 Å². The van der Waals surface area contributed by atoms with Gasteiger partial charge >= 0.3 is 0 Å². The van der Waals surface area contributed by atoms with E-state index in [1.54, 1.807) is 12.1 Å². The van der Waals surface area contributed by atoms with E-state index in [0.717, 1.165) is 5.56 Å². The normalized spacial score (nSPS) is 12.1. The first-order valence-electron chi connectivity index (χ1n) is 3.59. The Balaban J connectivity index is 3.15. The molecule has 2 heteroatoms. The molecule has 62 valence electrons. The number of aliphatic hydroxyl groups excluding tert-OH is 1. The number of phenolic OH excluding ortho intramolecular Hbond substituents is 1. The second-order valence-corrected chi connectivity index (χ2v) is 2.63. The average Bonchev–Trinajstić information content (AvgIpc) is 2.08. The maximum atomic E-state index is 9.28. The van der Waals surface area contributed by atoms with Crippen LogP contribution in [-0.2, 0) is 0 Å². The second kappa shape index (κ2) is 3.29. The van der Waals surface area contributed by atoms with Gasteiger partial charge in [0.05, 0.1) is 0 Å². The predicted octanol–water partition coefficient (Wildman–Crippen LogP) is 1.37. The predicted molar refractivity (Wildman–Crippen MR) is 46.6 cm³/mol. The monoisotopic (exact) mass is 162 g/mol. The van der Waals surface area contributed by atoms with E-state index in [-0.39, 0.29) is 5.75 Å². The number of aromatic hydroxyl groups is 1. The molecule has 0 saturated heterocycles. The summed E-state index contributed by atoms with van der Waals surface area (Å²) in [6.07, 6.45) is 3.99. The van der Waals surface area contributed by atoms with Crippen molar-refractivity contribution in [3.05, 3.63) is 29.3 Å². The van der Waals surface area contributed by atoms with Crippen LogP contribution in [0.1, 0.15) is 17.2 Å². The minimum atomic E-state index is -1.02. The van der Waals surface area contributed by atoms with Crippen LogP contribution in [0.4, 0.5) is 0 Å². The lowest BCUT2D eigenvalue weighted by molar-refractivity contribution is 0.233. The Hall–Kier alpha value is -1.46. The molecule has 1 aromatic carbocycles. The number of hydrogen-bond acceptors (Lipinski definition) is 2. The molecule has 0 aliphatic carbocycles. The maximum Gasteiger partial charge on any atom is 0.143 e. The van der Waals surface area contributed by atoms with Crippen molar-refractivity contribution in [3.63, 3.8) is 0 Å². The third-order valence-electron chi connectivity index (χ3n) is 1.64. The van der Waals surface area contributed by atoms with E-state index >= 15 is 0 Å².